The van der Waals surface area contributed by atoms with Crippen LogP contribution in [0, 0.1) is 11.7 Å². The van der Waals surface area contributed by atoms with Crippen LogP contribution in [0.5, 0.6) is 0 Å². The fourth-order valence-electron chi connectivity index (χ4n) is 4.21. The highest BCUT2D eigenvalue weighted by Gasteiger charge is 2.46. The average molecular weight is 409 g/mol. The third-order valence-electron chi connectivity index (χ3n) is 6.28. The molecular weight excluding hydrogens is 379 g/mol. The van der Waals surface area contributed by atoms with Gasteiger partial charge >= 0.3 is 0 Å². The van der Waals surface area contributed by atoms with Crippen LogP contribution >= 0.6 is 0 Å². The summed E-state index contributed by atoms with van der Waals surface area (Å²) in [6.07, 6.45) is 0.823. The van der Waals surface area contributed by atoms with Gasteiger partial charge < -0.3 is 9.80 Å². The Morgan fingerprint density at radius 2 is 1.43 bits per heavy atom. The molecule has 4 rings (SSSR count). The number of carbonyl (C=O) groups excluding carboxylic acids is 2. The molecule has 1 saturated heterocycles. The Morgan fingerprint density at radius 3 is 2.00 bits per heavy atom. The number of piperazine rings is 1. The zero-order valence-corrected chi connectivity index (χ0v) is 17.9. The van der Waals surface area contributed by atoms with Crippen molar-refractivity contribution in [1.29, 1.82) is 0 Å². The van der Waals surface area contributed by atoms with E-state index in [1.54, 1.807) is 12.1 Å². The molecule has 4 nitrogen and oxygen atoms in total. The van der Waals surface area contributed by atoms with Crippen LogP contribution < -0.4 is 0 Å². The Labute approximate surface area is 177 Å². The van der Waals surface area contributed by atoms with Gasteiger partial charge in [0.15, 0.2) is 0 Å². The molecule has 0 aromatic heterocycles. The van der Waals surface area contributed by atoms with Crippen molar-refractivity contribution >= 4 is 11.8 Å². The Balaban J connectivity index is 1.31. The van der Waals surface area contributed by atoms with Crippen LogP contribution in [-0.4, -0.2) is 47.8 Å². The highest BCUT2D eigenvalue weighted by atomic mass is 19.1. The van der Waals surface area contributed by atoms with Crippen molar-refractivity contribution in [2.45, 2.75) is 38.5 Å². The number of hydrogen-bond donors (Lipinski definition) is 0. The minimum Gasteiger partial charge on any atom is -0.339 e. The van der Waals surface area contributed by atoms with Crippen LogP contribution in [0.2, 0.25) is 0 Å². The van der Waals surface area contributed by atoms with Crippen molar-refractivity contribution in [2.75, 3.05) is 26.2 Å². The van der Waals surface area contributed by atoms with Gasteiger partial charge in [0.2, 0.25) is 5.91 Å². The summed E-state index contributed by atoms with van der Waals surface area (Å²) in [7, 11) is 0. The molecule has 1 aliphatic heterocycles. The maximum atomic E-state index is 13.1. The zero-order chi connectivity index (χ0) is 21.5. The number of amides is 2. The van der Waals surface area contributed by atoms with E-state index in [9.17, 15) is 14.0 Å². The SMILES string of the molecule is CC(C)(C)c1ccc(C(=O)N2CCN(C(=O)C3CC3c3ccc(F)cc3)CC2)cc1. The van der Waals surface area contributed by atoms with Crippen molar-refractivity contribution in [3.8, 4) is 0 Å². The lowest BCUT2D eigenvalue weighted by atomic mass is 9.86. The summed E-state index contributed by atoms with van der Waals surface area (Å²) in [5.74, 6) is 0.113. The minimum atomic E-state index is -0.254. The molecule has 1 saturated carbocycles. The molecule has 2 amide bonds. The smallest absolute Gasteiger partial charge is 0.253 e. The molecule has 0 radical (unpaired) electrons. The molecule has 2 fully saturated rings. The fourth-order valence-corrected chi connectivity index (χ4v) is 4.21. The summed E-state index contributed by atoms with van der Waals surface area (Å²) in [6, 6.07) is 14.3. The first kappa shape index (κ1) is 20.6. The number of nitrogens with zero attached hydrogens (tertiary/aromatic N) is 2. The van der Waals surface area contributed by atoms with Crippen molar-refractivity contribution in [3.05, 3.63) is 71.0 Å². The van der Waals surface area contributed by atoms with Crippen LogP contribution in [-0.2, 0) is 10.2 Å². The average Bonchev–Trinajstić information content (AvgIpc) is 3.54. The van der Waals surface area contributed by atoms with E-state index in [1.165, 1.54) is 17.7 Å². The lowest BCUT2D eigenvalue weighted by Gasteiger charge is -2.35. The van der Waals surface area contributed by atoms with E-state index < -0.39 is 0 Å². The third kappa shape index (κ3) is 4.25. The first-order valence-electron chi connectivity index (χ1n) is 10.7. The molecule has 0 bridgehead atoms. The Morgan fingerprint density at radius 1 is 0.867 bits per heavy atom. The summed E-state index contributed by atoms with van der Waals surface area (Å²) < 4.78 is 13.1. The van der Waals surface area contributed by atoms with Crippen LogP contribution in [0.25, 0.3) is 0 Å². The molecular formula is C25H29FN2O2. The molecule has 2 aliphatic rings. The number of halogens is 1. The van der Waals surface area contributed by atoms with E-state index in [0.717, 1.165) is 12.0 Å². The van der Waals surface area contributed by atoms with Gasteiger partial charge in [0, 0.05) is 37.7 Å². The summed E-state index contributed by atoms with van der Waals surface area (Å²) in [5.41, 5.74) is 2.99. The Hall–Kier alpha value is -2.69. The molecule has 1 aliphatic carbocycles. The summed E-state index contributed by atoms with van der Waals surface area (Å²) >= 11 is 0. The van der Waals surface area contributed by atoms with Crippen molar-refractivity contribution in [2.24, 2.45) is 5.92 Å². The fraction of sp³-hybridized carbons (Fsp3) is 0.440. The van der Waals surface area contributed by atoms with Gasteiger partial charge in [-0.15, -0.1) is 0 Å². The van der Waals surface area contributed by atoms with E-state index in [1.807, 2.05) is 34.1 Å². The van der Waals surface area contributed by atoms with Crippen LogP contribution in [0.1, 0.15) is 54.6 Å². The quantitative estimate of drug-likeness (QED) is 0.763. The minimum absolute atomic E-state index is 0.0114. The number of rotatable bonds is 3. The van der Waals surface area contributed by atoms with Gasteiger partial charge in [0.1, 0.15) is 5.82 Å². The topological polar surface area (TPSA) is 40.6 Å². The van der Waals surface area contributed by atoms with Crippen LogP contribution in [0.4, 0.5) is 4.39 Å². The van der Waals surface area contributed by atoms with E-state index in [4.69, 9.17) is 0 Å². The first-order chi connectivity index (χ1) is 14.2. The van der Waals surface area contributed by atoms with E-state index in [-0.39, 0.29) is 34.9 Å². The third-order valence-corrected chi connectivity index (χ3v) is 6.28. The summed E-state index contributed by atoms with van der Waals surface area (Å²) in [6.45, 7) is 8.70. The normalized spacial score (nSPS) is 21.5. The van der Waals surface area contributed by atoms with Crippen LogP contribution in [0.15, 0.2) is 48.5 Å². The summed E-state index contributed by atoms with van der Waals surface area (Å²) in [4.78, 5) is 29.4. The molecule has 1 heterocycles. The molecule has 0 N–H and O–H groups in total. The summed E-state index contributed by atoms with van der Waals surface area (Å²) in [5, 5.41) is 0. The number of carbonyl (C=O) groups is 2. The van der Waals surface area contributed by atoms with Gasteiger partial charge in [0.25, 0.3) is 5.91 Å². The molecule has 5 heteroatoms. The standard InChI is InChI=1S/C25H29FN2O2/c1-25(2,3)19-8-4-18(5-9-19)23(29)27-12-14-28(15-13-27)24(30)22-16-21(22)17-6-10-20(26)11-7-17/h4-11,21-22H,12-16H2,1-3H3. The van der Waals surface area contributed by atoms with Gasteiger partial charge in [-0.2, -0.15) is 0 Å². The molecule has 2 unspecified atom stereocenters. The van der Waals surface area contributed by atoms with Gasteiger partial charge in [-0.3, -0.25) is 9.59 Å². The molecule has 30 heavy (non-hydrogen) atoms. The molecule has 2 atom stereocenters. The van der Waals surface area contributed by atoms with Gasteiger partial charge in [-0.25, -0.2) is 4.39 Å². The van der Waals surface area contributed by atoms with Crippen LogP contribution in [0.3, 0.4) is 0 Å². The van der Waals surface area contributed by atoms with Gasteiger partial charge in [0.05, 0.1) is 0 Å². The second kappa shape index (κ2) is 7.86. The van der Waals surface area contributed by atoms with Crippen molar-refractivity contribution in [3.63, 3.8) is 0 Å². The number of hydrogen-bond acceptors (Lipinski definition) is 2. The molecule has 2 aromatic rings. The maximum Gasteiger partial charge on any atom is 0.253 e. The predicted molar refractivity (Wildman–Crippen MR) is 115 cm³/mol. The monoisotopic (exact) mass is 408 g/mol. The largest absolute Gasteiger partial charge is 0.339 e. The second-order valence-corrected chi connectivity index (χ2v) is 9.45. The van der Waals surface area contributed by atoms with Gasteiger partial charge in [-0.1, -0.05) is 45.0 Å². The first-order valence-corrected chi connectivity index (χ1v) is 10.7. The van der Waals surface area contributed by atoms with Crippen molar-refractivity contribution in [1.82, 2.24) is 9.80 Å². The highest BCUT2D eigenvalue weighted by molar-refractivity contribution is 5.94. The Kier molecular flexibility index (Phi) is 5.39. The highest BCUT2D eigenvalue weighted by Crippen LogP contribution is 2.48. The predicted octanol–water partition coefficient (Wildman–Crippen LogP) is 4.21. The second-order valence-electron chi connectivity index (χ2n) is 9.45. The van der Waals surface area contributed by atoms with E-state index in [0.29, 0.717) is 31.7 Å². The lowest BCUT2D eigenvalue weighted by Crippen LogP contribution is -2.51. The molecule has 0 spiro atoms. The molecule has 2 aromatic carbocycles. The van der Waals surface area contributed by atoms with E-state index in [2.05, 4.69) is 20.8 Å². The zero-order valence-electron chi connectivity index (χ0n) is 17.9. The number of benzene rings is 2. The van der Waals surface area contributed by atoms with Gasteiger partial charge in [-0.05, 0) is 53.1 Å². The molecule has 158 valence electrons. The van der Waals surface area contributed by atoms with Crippen molar-refractivity contribution < 1.29 is 14.0 Å². The maximum absolute atomic E-state index is 13.1. The van der Waals surface area contributed by atoms with E-state index >= 15 is 0 Å². The lowest BCUT2D eigenvalue weighted by molar-refractivity contribution is -0.134. The Bertz CT molecular complexity index is 923.